The molecule has 10 nitrogen and oxygen atoms in total. The van der Waals surface area contributed by atoms with E-state index >= 15 is 0 Å². The molecule has 7 aliphatic rings. The fourth-order valence-electron chi connectivity index (χ4n) is 10.5. The molecule has 3 aromatic carbocycles. The summed E-state index contributed by atoms with van der Waals surface area (Å²) in [4.78, 5) is 14.6. The van der Waals surface area contributed by atoms with Crippen molar-refractivity contribution in [1.29, 1.82) is 0 Å². The Labute approximate surface area is 384 Å². The molecule has 6 atom stereocenters. The third kappa shape index (κ3) is 10.3. The molecule has 3 unspecified atom stereocenters. The summed E-state index contributed by atoms with van der Waals surface area (Å²) in [5.41, 5.74) is 4.60. The number of nitrogens with zero attached hydrogens (tertiary/aromatic N) is 1. The SMILES string of the molecule is C=CCOC1OCC2CC(=O)C([Si](C)(C)C)=C21.C=CCO[C@H]1OC[C@@H]2CC(O)C([Si](C)(C)C)=C21.CB1OC(c2ccccc2)(c2ccccc2)[C@@H]2CCCN12.[B]1Oc2ccccc2O1. The lowest BCUT2D eigenvalue weighted by Crippen LogP contribution is -2.41. The van der Waals surface area contributed by atoms with E-state index in [1.807, 2.05) is 24.3 Å². The predicted molar refractivity (Wildman–Crippen MR) is 259 cm³/mol. The number of ether oxygens (including phenoxy) is 4. The average molecular weight is 903 g/mol. The Morgan fingerprint density at radius 2 is 1.33 bits per heavy atom. The molecule has 5 heterocycles. The van der Waals surface area contributed by atoms with Crippen molar-refractivity contribution in [3.63, 3.8) is 0 Å². The second kappa shape index (κ2) is 20.8. The van der Waals surface area contributed by atoms with Gasteiger partial charge in [-0.1, -0.05) is 124 Å². The summed E-state index contributed by atoms with van der Waals surface area (Å²) in [6.07, 6.45) is 6.49. The molecule has 1 N–H and O–H groups in total. The highest BCUT2D eigenvalue weighted by Crippen LogP contribution is 2.49. The largest absolute Gasteiger partial charge is 0.658 e. The fraction of sp³-hybridized carbons (Fsp3) is 0.460. The summed E-state index contributed by atoms with van der Waals surface area (Å²) < 4.78 is 39.1. The molecule has 0 bridgehead atoms. The lowest BCUT2D eigenvalue weighted by molar-refractivity contribution is -0.116. The molecule has 339 valence electrons. The third-order valence-electron chi connectivity index (χ3n) is 12.9. The molecule has 4 saturated heterocycles. The highest BCUT2D eigenvalue weighted by Gasteiger charge is 2.56. The van der Waals surface area contributed by atoms with E-state index < -0.39 is 16.1 Å². The molecule has 0 saturated carbocycles. The summed E-state index contributed by atoms with van der Waals surface area (Å²) in [6.45, 7) is 26.3. The van der Waals surface area contributed by atoms with Gasteiger partial charge in [0.05, 0.1) is 48.7 Å². The van der Waals surface area contributed by atoms with Crippen LogP contribution in [-0.4, -0.2) is 104 Å². The number of Topliss-reactive ketones (excluding diaryl/α,β-unsaturated/α-hetero) is 1. The van der Waals surface area contributed by atoms with Crippen LogP contribution >= 0.6 is 0 Å². The molecule has 0 spiro atoms. The van der Waals surface area contributed by atoms with Gasteiger partial charge in [-0.15, -0.1) is 13.2 Å². The van der Waals surface area contributed by atoms with E-state index in [0.29, 0.717) is 50.6 Å². The van der Waals surface area contributed by atoms with Gasteiger partial charge in [-0.05, 0) is 77.4 Å². The molecule has 14 heteroatoms. The Morgan fingerprint density at radius 3 is 1.86 bits per heavy atom. The topological polar surface area (TPSA) is 105 Å². The number of carbonyl (C=O) groups is 1. The molecule has 0 aromatic heterocycles. The smallest absolute Gasteiger partial charge is 0.524 e. The summed E-state index contributed by atoms with van der Waals surface area (Å²) in [5.74, 6) is 2.52. The molecule has 5 aliphatic heterocycles. The molecule has 1 radical (unpaired) electrons. The molecule has 3 aromatic rings. The van der Waals surface area contributed by atoms with Crippen molar-refractivity contribution in [2.24, 2.45) is 11.8 Å². The Hall–Kier alpha value is -3.83. The van der Waals surface area contributed by atoms with Gasteiger partial charge in [0.25, 0.3) is 0 Å². The first kappa shape index (κ1) is 48.1. The van der Waals surface area contributed by atoms with Gasteiger partial charge in [0, 0.05) is 24.3 Å². The quantitative estimate of drug-likeness (QED) is 0.157. The highest BCUT2D eigenvalue weighted by atomic mass is 28.3. The molecule has 0 amide bonds. The van der Waals surface area contributed by atoms with Gasteiger partial charge >= 0.3 is 14.7 Å². The summed E-state index contributed by atoms with van der Waals surface area (Å²) >= 11 is 0. The zero-order valence-electron chi connectivity index (χ0n) is 38.8. The van der Waals surface area contributed by atoms with E-state index in [1.165, 1.54) is 42.4 Å². The maximum Gasteiger partial charge on any atom is 0.658 e. The van der Waals surface area contributed by atoms with Crippen LogP contribution in [0.1, 0.15) is 36.8 Å². The Morgan fingerprint density at radius 1 is 0.797 bits per heavy atom. The van der Waals surface area contributed by atoms with Gasteiger partial charge in [0.2, 0.25) is 0 Å². The summed E-state index contributed by atoms with van der Waals surface area (Å²) in [7, 11) is -1.62. The minimum absolute atomic E-state index is 0.179. The number of para-hydroxylation sites is 2. The van der Waals surface area contributed by atoms with Crippen LogP contribution < -0.4 is 9.31 Å². The van der Waals surface area contributed by atoms with E-state index in [-0.39, 0.29) is 37.3 Å². The van der Waals surface area contributed by atoms with Gasteiger partial charge in [0.1, 0.15) is 17.1 Å². The van der Waals surface area contributed by atoms with Gasteiger partial charge in [-0.25, -0.2) is 0 Å². The normalized spacial score (nSPS) is 26.2. The molecule has 64 heavy (non-hydrogen) atoms. The van der Waals surface area contributed by atoms with Crippen LogP contribution in [0.3, 0.4) is 0 Å². The number of carbonyl (C=O) groups excluding carboxylic acids is 1. The first-order valence-electron chi connectivity index (χ1n) is 22.9. The van der Waals surface area contributed by atoms with Crippen molar-refractivity contribution in [2.75, 3.05) is 33.0 Å². The number of aliphatic hydroxyl groups is 1. The van der Waals surface area contributed by atoms with Crippen molar-refractivity contribution in [1.82, 2.24) is 4.81 Å². The molecule has 4 fully saturated rings. The van der Waals surface area contributed by atoms with Crippen LogP contribution in [0.25, 0.3) is 0 Å². The van der Waals surface area contributed by atoms with Crippen molar-refractivity contribution >= 4 is 36.7 Å². The first-order valence-corrected chi connectivity index (χ1v) is 29.9. The molecule has 2 aliphatic carbocycles. The van der Waals surface area contributed by atoms with Crippen LogP contribution in [-0.2, 0) is 34.0 Å². The number of aliphatic hydroxyl groups excluding tert-OH is 1. The van der Waals surface area contributed by atoms with Gasteiger partial charge in [-0.3, -0.25) is 4.79 Å². The fourth-order valence-corrected chi connectivity index (χ4v) is 15.0. The van der Waals surface area contributed by atoms with E-state index in [2.05, 4.69) is 125 Å². The maximum absolute atomic E-state index is 12.1. The standard InChI is InChI=1S/C18H20BNO.C13H22O3Si.C13H20O3Si.C6H4BO2/c1-19-20-14-8-13-17(20)18(21-19,15-9-4-2-5-10-15)16-11-6-3-7-12-16;2*1-5-6-15-13-11-9(8-16-13)7-10(14)12(11)17(2,3)4;1-2-4-6-5(3-1)8-7-9-6/h2-7,9-12,17H,8,13-14H2,1H3;5,9-10,13-14H,1,6-8H2,2-4H3;5,9,13H,1,6-8H2,2-4H3;1-4H/t17-;9-,10?,13-;;/m00../s1. The number of allylic oxidation sites excluding steroid dienone is 1. The lowest BCUT2D eigenvalue weighted by Gasteiger charge is -2.36. The van der Waals surface area contributed by atoms with Crippen molar-refractivity contribution in [3.05, 3.63) is 143 Å². The summed E-state index contributed by atoms with van der Waals surface area (Å²) in [6, 6.07) is 29.4. The number of hydrogen-bond donors (Lipinski definition) is 1. The predicted octanol–water partition coefficient (Wildman–Crippen LogP) is 8.94. The van der Waals surface area contributed by atoms with Gasteiger partial charge in [0.15, 0.2) is 18.4 Å². The number of fused-ring (bicyclic) bond motifs is 4. The number of hydrogen-bond acceptors (Lipinski definition) is 10. The van der Waals surface area contributed by atoms with E-state index in [1.54, 1.807) is 12.2 Å². The van der Waals surface area contributed by atoms with Gasteiger partial charge < -0.3 is 42.8 Å². The van der Waals surface area contributed by atoms with Crippen LogP contribution in [0.2, 0.25) is 46.1 Å². The zero-order valence-corrected chi connectivity index (χ0v) is 40.8. The van der Waals surface area contributed by atoms with Gasteiger partial charge in [-0.2, -0.15) is 0 Å². The van der Waals surface area contributed by atoms with E-state index in [4.69, 9.17) is 32.9 Å². The number of benzene rings is 3. The van der Waals surface area contributed by atoms with Crippen LogP contribution in [0.5, 0.6) is 11.5 Å². The van der Waals surface area contributed by atoms with Crippen LogP contribution in [0.15, 0.2) is 132 Å². The van der Waals surface area contributed by atoms with E-state index in [9.17, 15) is 9.90 Å². The third-order valence-corrected chi connectivity index (χ3v) is 17.2. The Bertz CT molecular complexity index is 2100. The minimum atomic E-state index is -1.61. The number of rotatable bonds is 10. The molecular weight excluding hydrogens is 836 g/mol. The van der Waals surface area contributed by atoms with Crippen molar-refractivity contribution < 1.29 is 42.8 Å². The number of ketones is 1. The lowest BCUT2D eigenvalue weighted by atomic mass is 9.79. The minimum Gasteiger partial charge on any atom is -0.524 e. The summed E-state index contributed by atoms with van der Waals surface area (Å²) in [5, 5.41) is 12.5. The highest BCUT2D eigenvalue weighted by molar-refractivity contribution is 6.87. The molecule has 10 rings (SSSR count). The Kier molecular flexibility index (Phi) is 15.6. The second-order valence-corrected chi connectivity index (χ2v) is 29.4. The van der Waals surface area contributed by atoms with Crippen LogP contribution in [0.4, 0.5) is 0 Å². The van der Waals surface area contributed by atoms with Crippen molar-refractivity contribution in [2.45, 2.75) is 102 Å². The first-order chi connectivity index (χ1) is 30.7. The molecular formula is C50H66B2NO9Si2. The second-order valence-electron chi connectivity index (χ2n) is 19.4. The maximum atomic E-state index is 12.1. The average Bonchev–Trinajstić information content (AvgIpc) is 4.14. The van der Waals surface area contributed by atoms with Crippen molar-refractivity contribution in [3.8, 4) is 11.5 Å². The van der Waals surface area contributed by atoms with E-state index in [0.717, 1.165) is 35.2 Å². The Balaban J connectivity index is 0.000000132. The zero-order chi connectivity index (χ0) is 45.6. The van der Waals surface area contributed by atoms with Crippen LogP contribution in [0, 0.1) is 11.8 Å². The monoisotopic (exact) mass is 902 g/mol.